The zero-order valence-electron chi connectivity index (χ0n) is 9.34. The number of rotatable bonds is 6. The minimum absolute atomic E-state index is 0.136. The summed E-state index contributed by atoms with van der Waals surface area (Å²) in [5.41, 5.74) is -0.215. The van der Waals surface area contributed by atoms with Crippen LogP contribution in [0, 0.1) is 5.41 Å². The average Bonchev–Trinajstić information content (AvgIpc) is 2.21. The smallest absolute Gasteiger partial charge is 0.143 e. The second-order valence-corrected chi connectivity index (χ2v) is 4.10. The standard InChI is InChI=1S/C11H20O3/c1-4-11(2)9(12)8-10(11)14-7-5-6-13-3/h10H,4-8H2,1-3H3. The summed E-state index contributed by atoms with van der Waals surface area (Å²) in [6.45, 7) is 5.47. The van der Waals surface area contributed by atoms with E-state index in [-0.39, 0.29) is 11.5 Å². The second-order valence-electron chi connectivity index (χ2n) is 4.10. The van der Waals surface area contributed by atoms with Crippen molar-refractivity contribution in [1.29, 1.82) is 0 Å². The lowest BCUT2D eigenvalue weighted by atomic mass is 9.64. The molecule has 1 rings (SSSR count). The molecule has 1 aliphatic rings. The fourth-order valence-electron chi connectivity index (χ4n) is 1.77. The van der Waals surface area contributed by atoms with Crippen molar-refractivity contribution in [3.05, 3.63) is 0 Å². The first-order chi connectivity index (χ1) is 6.65. The summed E-state index contributed by atoms with van der Waals surface area (Å²) in [6.07, 6.45) is 2.51. The molecule has 0 radical (unpaired) electrons. The van der Waals surface area contributed by atoms with Crippen LogP contribution in [0.4, 0.5) is 0 Å². The largest absolute Gasteiger partial charge is 0.385 e. The van der Waals surface area contributed by atoms with E-state index < -0.39 is 0 Å². The van der Waals surface area contributed by atoms with Crippen LogP contribution >= 0.6 is 0 Å². The van der Waals surface area contributed by atoms with Crippen molar-refractivity contribution in [3.63, 3.8) is 0 Å². The van der Waals surface area contributed by atoms with Gasteiger partial charge in [0, 0.05) is 26.7 Å². The Morgan fingerprint density at radius 1 is 1.50 bits per heavy atom. The number of hydrogen-bond acceptors (Lipinski definition) is 3. The zero-order chi connectivity index (χ0) is 10.6. The van der Waals surface area contributed by atoms with Crippen LogP contribution in [0.15, 0.2) is 0 Å². The molecule has 0 amide bonds. The lowest BCUT2D eigenvalue weighted by molar-refractivity contribution is -0.161. The maximum atomic E-state index is 11.4. The number of carbonyl (C=O) groups is 1. The molecule has 1 fully saturated rings. The van der Waals surface area contributed by atoms with Gasteiger partial charge in [0.2, 0.25) is 0 Å². The van der Waals surface area contributed by atoms with Gasteiger partial charge >= 0.3 is 0 Å². The van der Waals surface area contributed by atoms with Crippen molar-refractivity contribution in [2.24, 2.45) is 5.41 Å². The van der Waals surface area contributed by atoms with E-state index in [1.807, 2.05) is 13.8 Å². The third-order valence-corrected chi connectivity index (χ3v) is 3.26. The first-order valence-electron chi connectivity index (χ1n) is 5.29. The van der Waals surface area contributed by atoms with E-state index in [9.17, 15) is 4.79 Å². The van der Waals surface area contributed by atoms with Gasteiger partial charge in [-0.2, -0.15) is 0 Å². The summed E-state index contributed by atoms with van der Waals surface area (Å²) >= 11 is 0. The van der Waals surface area contributed by atoms with Gasteiger partial charge in [0.25, 0.3) is 0 Å². The van der Waals surface area contributed by atoms with Crippen LogP contribution in [-0.2, 0) is 14.3 Å². The molecule has 14 heavy (non-hydrogen) atoms. The normalized spacial score (nSPS) is 31.6. The maximum Gasteiger partial charge on any atom is 0.143 e. The molecule has 0 N–H and O–H groups in total. The molecule has 0 aliphatic heterocycles. The van der Waals surface area contributed by atoms with Gasteiger partial charge in [0.05, 0.1) is 11.5 Å². The van der Waals surface area contributed by atoms with E-state index in [1.165, 1.54) is 0 Å². The first kappa shape index (κ1) is 11.7. The molecule has 0 aromatic carbocycles. The van der Waals surface area contributed by atoms with Crippen molar-refractivity contribution in [2.75, 3.05) is 20.3 Å². The highest BCUT2D eigenvalue weighted by atomic mass is 16.5. The van der Waals surface area contributed by atoms with E-state index in [4.69, 9.17) is 9.47 Å². The lowest BCUT2D eigenvalue weighted by Gasteiger charge is -2.44. The second kappa shape index (κ2) is 4.89. The molecule has 3 nitrogen and oxygen atoms in total. The van der Waals surface area contributed by atoms with Crippen molar-refractivity contribution in [1.82, 2.24) is 0 Å². The topological polar surface area (TPSA) is 35.5 Å². The van der Waals surface area contributed by atoms with Crippen LogP contribution in [-0.4, -0.2) is 32.2 Å². The Morgan fingerprint density at radius 3 is 2.71 bits per heavy atom. The Labute approximate surface area is 85.8 Å². The quantitative estimate of drug-likeness (QED) is 0.613. The Kier molecular flexibility index (Phi) is 4.08. The molecule has 0 spiro atoms. The number of hydrogen-bond donors (Lipinski definition) is 0. The van der Waals surface area contributed by atoms with Crippen LogP contribution in [0.2, 0.25) is 0 Å². The van der Waals surface area contributed by atoms with Crippen LogP contribution in [0.1, 0.15) is 33.1 Å². The molecule has 0 aromatic heterocycles. The minimum Gasteiger partial charge on any atom is -0.385 e. The van der Waals surface area contributed by atoms with Gasteiger partial charge in [-0.05, 0) is 12.8 Å². The minimum atomic E-state index is -0.215. The van der Waals surface area contributed by atoms with Crippen molar-refractivity contribution in [3.8, 4) is 0 Å². The molecule has 82 valence electrons. The predicted molar refractivity (Wildman–Crippen MR) is 54.3 cm³/mol. The first-order valence-corrected chi connectivity index (χ1v) is 5.29. The van der Waals surface area contributed by atoms with Gasteiger partial charge in [-0.3, -0.25) is 4.79 Å². The van der Waals surface area contributed by atoms with E-state index in [0.717, 1.165) is 19.4 Å². The summed E-state index contributed by atoms with van der Waals surface area (Å²) in [7, 11) is 1.68. The van der Waals surface area contributed by atoms with E-state index in [2.05, 4.69) is 0 Å². The molecule has 0 bridgehead atoms. The Hall–Kier alpha value is -0.410. The SMILES string of the molecule is CCC1(C)C(=O)CC1OCCCOC. The van der Waals surface area contributed by atoms with Crippen LogP contribution in [0.25, 0.3) is 0 Å². The summed E-state index contributed by atoms with van der Waals surface area (Å²) in [5.74, 6) is 0.344. The summed E-state index contributed by atoms with van der Waals surface area (Å²) < 4.78 is 10.6. The predicted octanol–water partition coefficient (Wildman–Crippen LogP) is 1.80. The van der Waals surface area contributed by atoms with Gasteiger partial charge in [0.1, 0.15) is 5.78 Å². The van der Waals surface area contributed by atoms with Crippen molar-refractivity contribution in [2.45, 2.75) is 39.2 Å². The Balaban J connectivity index is 2.23. The molecule has 1 aliphatic carbocycles. The molecular weight excluding hydrogens is 180 g/mol. The maximum absolute atomic E-state index is 11.4. The molecule has 2 unspecified atom stereocenters. The molecule has 3 heteroatoms. The summed E-state index contributed by atoms with van der Waals surface area (Å²) in [5, 5.41) is 0. The van der Waals surface area contributed by atoms with E-state index >= 15 is 0 Å². The number of Topliss-reactive ketones (excluding diaryl/α,β-unsaturated/α-hetero) is 1. The third-order valence-electron chi connectivity index (χ3n) is 3.26. The molecular formula is C11H20O3. The van der Waals surface area contributed by atoms with Gasteiger partial charge in [-0.1, -0.05) is 13.8 Å². The number of ether oxygens (including phenoxy) is 2. The van der Waals surface area contributed by atoms with Gasteiger partial charge < -0.3 is 9.47 Å². The van der Waals surface area contributed by atoms with Crippen molar-refractivity contribution >= 4 is 5.78 Å². The molecule has 0 aromatic rings. The Morgan fingerprint density at radius 2 is 2.21 bits per heavy atom. The average molecular weight is 200 g/mol. The van der Waals surface area contributed by atoms with Gasteiger partial charge in [0.15, 0.2) is 0 Å². The summed E-state index contributed by atoms with van der Waals surface area (Å²) in [4.78, 5) is 11.4. The highest BCUT2D eigenvalue weighted by Gasteiger charge is 2.50. The fourth-order valence-corrected chi connectivity index (χ4v) is 1.77. The van der Waals surface area contributed by atoms with Gasteiger partial charge in [-0.25, -0.2) is 0 Å². The van der Waals surface area contributed by atoms with E-state index in [1.54, 1.807) is 7.11 Å². The van der Waals surface area contributed by atoms with Crippen LogP contribution in [0.3, 0.4) is 0 Å². The molecule has 0 heterocycles. The highest BCUT2D eigenvalue weighted by Crippen LogP contribution is 2.42. The number of carbonyl (C=O) groups excluding carboxylic acids is 1. The third kappa shape index (κ3) is 2.15. The van der Waals surface area contributed by atoms with Gasteiger partial charge in [-0.15, -0.1) is 0 Å². The molecule has 2 atom stereocenters. The van der Waals surface area contributed by atoms with Crippen LogP contribution < -0.4 is 0 Å². The van der Waals surface area contributed by atoms with E-state index in [0.29, 0.717) is 18.8 Å². The monoisotopic (exact) mass is 200 g/mol. The summed E-state index contributed by atoms with van der Waals surface area (Å²) in [6, 6.07) is 0. The van der Waals surface area contributed by atoms with Crippen LogP contribution in [0.5, 0.6) is 0 Å². The molecule has 0 saturated heterocycles. The Bertz CT molecular complexity index is 203. The number of methoxy groups -OCH3 is 1. The van der Waals surface area contributed by atoms with Crippen molar-refractivity contribution < 1.29 is 14.3 Å². The molecule has 1 saturated carbocycles. The zero-order valence-corrected chi connectivity index (χ0v) is 9.34. The highest BCUT2D eigenvalue weighted by molar-refractivity contribution is 5.91. The fraction of sp³-hybridized carbons (Fsp3) is 0.909. The lowest BCUT2D eigenvalue weighted by Crippen LogP contribution is -2.53. The number of ketones is 1.